The van der Waals surface area contributed by atoms with Crippen LogP contribution in [0.4, 0.5) is 0 Å². The van der Waals surface area contributed by atoms with Crippen molar-refractivity contribution in [2.75, 3.05) is 13.2 Å². The lowest BCUT2D eigenvalue weighted by Crippen LogP contribution is -2.20. The van der Waals surface area contributed by atoms with Gasteiger partial charge in [-0.15, -0.1) is 0 Å². The van der Waals surface area contributed by atoms with E-state index in [2.05, 4.69) is 35.8 Å². The fourth-order valence-electron chi connectivity index (χ4n) is 3.33. The molecule has 22 heavy (non-hydrogen) atoms. The zero-order valence-corrected chi connectivity index (χ0v) is 14.5. The summed E-state index contributed by atoms with van der Waals surface area (Å²) in [6.07, 6.45) is 2.40. The number of carboxylic acid groups (broad SMARTS) is 1. The van der Waals surface area contributed by atoms with Gasteiger partial charge in [-0.3, -0.25) is 4.79 Å². The molecule has 1 atom stereocenters. The molecule has 1 N–H and O–H groups in total. The van der Waals surface area contributed by atoms with E-state index in [-0.39, 0.29) is 18.3 Å². The summed E-state index contributed by atoms with van der Waals surface area (Å²) < 4.78 is 12.5. The van der Waals surface area contributed by atoms with Crippen LogP contribution in [0.5, 0.6) is 11.5 Å². The smallest absolute Gasteiger partial charge is 0.303 e. The lowest BCUT2D eigenvalue weighted by Gasteiger charge is -2.28. The number of aliphatic carboxylic acids is 1. The molecule has 0 bridgehead atoms. The van der Waals surface area contributed by atoms with E-state index in [4.69, 9.17) is 9.47 Å². The number of rotatable bonds is 5. The molecular weight excluding hydrogens is 348 g/mol. The van der Waals surface area contributed by atoms with Gasteiger partial charge in [-0.1, -0.05) is 13.8 Å². The molecule has 1 aliphatic carbocycles. The molecule has 1 fully saturated rings. The van der Waals surface area contributed by atoms with Gasteiger partial charge < -0.3 is 14.6 Å². The van der Waals surface area contributed by atoms with Crippen molar-refractivity contribution < 1.29 is 19.4 Å². The maximum Gasteiger partial charge on any atom is 0.303 e. The highest BCUT2D eigenvalue weighted by molar-refractivity contribution is 9.10. The first kappa shape index (κ1) is 15.7. The van der Waals surface area contributed by atoms with Crippen LogP contribution in [-0.4, -0.2) is 24.3 Å². The fourth-order valence-corrected chi connectivity index (χ4v) is 3.87. The third kappa shape index (κ3) is 2.96. The Labute approximate surface area is 138 Å². The van der Waals surface area contributed by atoms with Gasteiger partial charge in [0.15, 0.2) is 11.5 Å². The minimum absolute atomic E-state index is 0.0574. The Bertz CT molecular complexity index is 593. The van der Waals surface area contributed by atoms with E-state index in [1.165, 1.54) is 0 Å². The van der Waals surface area contributed by atoms with Gasteiger partial charge in [-0.2, -0.15) is 0 Å². The maximum atomic E-state index is 11.3. The normalized spacial score (nSPS) is 18.4. The number of carbonyl (C=O) groups is 1. The molecule has 1 saturated carbocycles. The monoisotopic (exact) mass is 368 g/mol. The maximum absolute atomic E-state index is 11.3. The second kappa shape index (κ2) is 6.11. The van der Waals surface area contributed by atoms with Gasteiger partial charge in [0, 0.05) is 5.56 Å². The van der Waals surface area contributed by atoms with Crippen LogP contribution in [0, 0.1) is 5.92 Å². The molecule has 1 aliphatic heterocycles. The van der Waals surface area contributed by atoms with E-state index in [0.29, 0.717) is 19.1 Å². The van der Waals surface area contributed by atoms with E-state index in [9.17, 15) is 9.90 Å². The molecule has 1 unspecified atom stereocenters. The van der Waals surface area contributed by atoms with Crippen LogP contribution in [0.15, 0.2) is 10.5 Å². The zero-order valence-electron chi connectivity index (χ0n) is 12.9. The first-order chi connectivity index (χ1) is 10.5. The van der Waals surface area contributed by atoms with Crippen molar-refractivity contribution in [2.24, 2.45) is 5.92 Å². The number of fused-ring (bicyclic) bond motifs is 1. The largest absolute Gasteiger partial charge is 0.486 e. The molecular formula is C17H21BrO4. The Morgan fingerprint density at radius 2 is 1.95 bits per heavy atom. The summed E-state index contributed by atoms with van der Waals surface area (Å²) in [6.45, 7) is 5.32. The predicted molar refractivity (Wildman–Crippen MR) is 86.9 cm³/mol. The molecule has 4 nitrogen and oxygen atoms in total. The fraction of sp³-hybridized carbons (Fsp3) is 0.588. The average Bonchev–Trinajstić information content (AvgIpc) is 3.28. The highest BCUT2D eigenvalue weighted by Crippen LogP contribution is 2.52. The van der Waals surface area contributed by atoms with Gasteiger partial charge >= 0.3 is 5.97 Å². The lowest BCUT2D eigenvalue weighted by atomic mass is 9.83. The second-order valence-corrected chi connectivity index (χ2v) is 7.27. The van der Waals surface area contributed by atoms with Crippen molar-refractivity contribution in [3.63, 3.8) is 0 Å². The van der Waals surface area contributed by atoms with Gasteiger partial charge in [0.2, 0.25) is 0 Å². The molecule has 0 amide bonds. The highest BCUT2D eigenvalue weighted by Gasteiger charge is 2.37. The van der Waals surface area contributed by atoms with Gasteiger partial charge in [0.05, 0.1) is 10.9 Å². The van der Waals surface area contributed by atoms with Crippen LogP contribution in [0.25, 0.3) is 0 Å². The first-order valence-electron chi connectivity index (χ1n) is 7.82. The topological polar surface area (TPSA) is 55.8 Å². The number of benzene rings is 1. The molecule has 1 aromatic carbocycles. The summed E-state index contributed by atoms with van der Waals surface area (Å²) >= 11 is 3.57. The lowest BCUT2D eigenvalue weighted by molar-refractivity contribution is -0.137. The van der Waals surface area contributed by atoms with Crippen LogP contribution in [0.1, 0.15) is 56.1 Å². The molecule has 2 aliphatic rings. The van der Waals surface area contributed by atoms with Crippen LogP contribution < -0.4 is 9.47 Å². The third-order valence-electron chi connectivity index (χ3n) is 4.40. The number of carboxylic acids is 1. The number of hydrogen-bond donors (Lipinski definition) is 1. The summed E-state index contributed by atoms with van der Waals surface area (Å²) in [6, 6.07) is 2.05. The second-order valence-electron chi connectivity index (χ2n) is 6.41. The minimum Gasteiger partial charge on any atom is -0.486 e. The van der Waals surface area contributed by atoms with Crippen molar-refractivity contribution in [3.05, 3.63) is 21.7 Å². The van der Waals surface area contributed by atoms with Gasteiger partial charge in [-0.05, 0) is 58.2 Å². The number of hydrogen-bond acceptors (Lipinski definition) is 3. The SMILES string of the molecule is CC(C)c1c(C(CC(=O)O)C2CC2)cc(Br)c2c1OCCO2. The van der Waals surface area contributed by atoms with E-state index >= 15 is 0 Å². The Morgan fingerprint density at radius 1 is 1.32 bits per heavy atom. The highest BCUT2D eigenvalue weighted by atomic mass is 79.9. The number of ether oxygens (including phenoxy) is 2. The van der Waals surface area contributed by atoms with Crippen molar-refractivity contribution in [3.8, 4) is 11.5 Å². The van der Waals surface area contributed by atoms with E-state index in [1.807, 2.05) is 0 Å². The molecule has 1 heterocycles. The van der Waals surface area contributed by atoms with Crippen LogP contribution in [0.2, 0.25) is 0 Å². The van der Waals surface area contributed by atoms with Crippen molar-refractivity contribution in [2.45, 2.75) is 44.9 Å². The summed E-state index contributed by atoms with van der Waals surface area (Å²) in [7, 11) is 0. The molecule has 0 aromatic heterocycles. The molecule has 5 heteroatoms. The Morgan fingerprint density at radius 3 is 2.50 bits per heavy atom. The summed E-state index contributed by atoms with van der Waals surface area (Å²) in [5.41, 5.74) is 2.21. The quantitative estimate of drug-likeness (QED) is 0.840. The molecule has 0 saturated heterocycles. The number of halogens is 1. The van der Waals surface area contributed by atoms with E-state index < -0.39 is 5.97 Å². The van der Waals surface area contributed by atoms with Crippen LogP contribution in [0.3, 0.4) is 0 Å². The van der Waals surface area contributed by atoms with Crippen LogP contribution in [-0.2, 0) is 4.79 Å². The van der Waals surface area contributed by atoms with Crippen molar-refractivity contribution in [1.29, 1.82) is 0 Å². The van der Waals surface area contributed by atoms with E-state index in [0.717, 1.165) is 39.9 Å². The van der Waals surface area contributed by atoms with E-state index in [1.54, 1.807) is 0 Å². The molecule has 0 spiro atoms. The standard InChI is InChI=1S/C17H21BrO4/c1-9(2)15-12(11(8-14(19)20)10-3-4-10)7-13(18)16-17(15)22-6-5-21-16/h7,9-11H,3-6,8H2,1-2H3,(H,19,20). The van der Waals surface area contributed by atoms with Gasteiger partial charge in [-0.25, -0.2) is 0 Å². The predicted octanol–water partition coefficient (Wildman–Crippen LogP) is 4.31. The Balaban J connectivity index is 2.12. The average molecular weight is 369 g/mol. The van der Waals surface area contributed by atoms with Gasteiger partial charge in [0.25, 0.3) is 0 Å². The molecule has 120 valence electrons. The van der Waals surface area contributed by atoms with Gasteiger partial charge in [0.1, 0.15) is 13.2 Å². The third-order valence-corrected chi connectivity index (χ3v) is 4.99. The zero-order chi connectivity index (χ0) is 15.9. The molecule has 0 radical (unpaired) electrons. The Kier molecular flexibility index (Phi) is 4.35. The molecule has 3 rings (SSSR count). The van der Waals surface area contributed by atoms with Crippen molar-refractivity contribution in [1.82, 2.24) is 0 Å². The summed E-state index contributed by atoms with van der Waals surface area (Å²) in [5.74, 6) is 1.60. The minimum atomic E-state index is -0.738. The summed E-state index contributed by atoms with van der Waals surface area (Å²) in [5, 5.41) is 9.29. The van der Waals surface area contributed by atoms with Crippen molar-refractivity contribution >= 4 is 21.9 Å². The first-order valence-corrected chi connectivity index (χ1v) is 8.62. The summed E-state index contributed by atoms with van der Waals surface area (Å²) in [4.78, 5) is 11.3. The molecule has 1 aromatic rings. The Hall–Kier alpha value is -1.23. The van der Waals surface area contributed by atoms with Crippen LogP contribution >= 0.6 is 15.9 Å².